The maximum Gasteiger partial charge on any atom is 0.0834 e. The Kier molecular flexibility index (Phi) is 7.79. The van der Waals surface area contributed by atoms with Gasteiger partial charge in [-0.25, -0.2) is 0 Å². The van der Waals surface area contributed by atoms with Crippen molar-refractivity contribution < 1.29 is 0 Å². The van der Waals surface area contributed by atoms with Crippen molar-refractivity contribution in [1.29, 1.82) is 0 Å². The fourth-order valence-electron chi connectivity index (χ4n) is 1.93. The van der Waals surface area contributed by atoms with Crippen LogP contribution in [0.25, 0.3) is 0 Å². The number of hydrogen-bond donors (Lipinski definition) is 1. The molecular formula is C13H24ClN3S. The summed E-state index contributed by atoms with van der Waals surface area (Å²) in [5, 5.41) is 8.67. The van der Waals surface area contributed by atoms with Crippen molar-refractivity contribution in [2.75, 3.05) is 18.1 Å². The van der Waals surface area contributed by atoms with Crippen molar-refractivity contribution >= 4 is 23.4 Å². The zero-order valence-electron chi connectivity index (χ0n) is 11.6. The van der Waals surface area contributed by atoms with E-state index in [0.29, 0.717) is 6.04 Å². The van der Waals surface area contributed by atoms with Gasteiger partial charge in [0.15, 0.2) is 0 Å². The molecule has 1 aromatic heterocycles. The van der Waals surface area contributed by atoms with Crippen molar-refractivity contribution in [1.82, 2.24) is 15.1 Å². The molecule has 0 fully saturated rings. The molecule has 1 rings (SSSR count). The predicted molar refractivity (Wildman–Crippen MR) is 81.6 cm³/mol. The van der Waals surface area contributed by atoms with E-state index in [4.69, 9.17) is 11.6 Å². The fraction of sp³-hybridized carbons (Fsp3) is 0.769. The van der Waals surface area contributed by atoms with Gasteiger partial charge in [-0.1, -0.05) is 32.4 Å². The summed E-state index contributed by atoms with van der Waals surface area (Å²) in [6.07, 6.45) is 4.05. The molecule has 5 heteroatoms. The molecule has 0 amide bonds. The number of aromatic nitrogens is 2. The van der Waals surface area contributed by atoms with Crippen molar-refractivity contribution in [2.45, 2.75) is 46.2 Å². The first-order valence-corrected chi connectivity index (χ1v) is 8.30. The molecule has 0 bridgehead atoms. The summed E-state index contributed by atoms with van der Waals surface area (Å²) in [6.45, 7) is 8.39. The fourth-order valence-corrected chi connectivity index (χ4v) is 3.17. The molecule has 0 aliphatic heterocycles. The van der Waals surface area contributed by atoms with Crippen LogP contribution in [-0.2, 0) is 6.54 Å². The van der Waals surface area contributed by atoms with Crippen LogP contribution in [0.4, 0.5) is 0 Å². The van der Waals surface area contributed by atoms with E-state index in [1.54, 1.807) is 6.20 Å². The molecule has 1 heterocycles. The zero-order valence-corrected chi connectivity index (χ0v) is 13.2. The SMILES string of the molecule is CCCSCC(NCC)c1c(Cl)cnn1CCC. The molecule has 104 valence electrons. The van der Waals surface area contributed by atoms with Crippen LogP contribution >= 0.6 is 23.4 Å². The van der Waals surface area contributed by atoms with Crippen LogP contribution in [0.1, 0.15) is 45.3 Å². The van der Waals surface area contributed by atoms with E-state index in [1.165, 1.54) is 12.2 Å². The lowest BCUT2D eigenvalue weighted by molar-refractivity contribution is 0.508. The van der Waals surface area contributed by atoms with Crippen LogP contribution < -0.4 is 5.32 Å². The summed E-state index contributed by atoms with van der Waals surface area (Å²) in [5.41, 5.74) is 1.14. The van der Waals surface area contributed by atoms with E-state index >= 15 is 0 Å². The summed E-state index contributed by atoms with van der Waals surface area (Å²) in [6, 6.07) is 0.299. The third kappa shape index (κ3) is 4.48. The highest BCUT2D eigenvalue weighted by Crippen LogP contribution is 2.26. The van der Waals surface area contributed by atoms with Gasteiger partial charge in [-0.05, 0) is 25.1 Å². The maximum atomic E-state index is 6.29. The first kappa shape index (κ1) is 15.9. The third-order valence-corrected chi connectivity index (χ3v) is 4.24. The largest absolute Gasteiger partial charge is 0.308 e. The Labute approximate surface area is 120 Å². The van der Waals surface area contributed by atoms with Gasteiger partial charge < -0.3 is 5.32 Å². The monoisotopic (exact) mass is 289 g/mol. The second kappa shape index (κ2) is 8.83. The minimum absolute atomic E-state index is 0.299. The van der Waals surface area contributed by atoms with E-state index in [0.717, 1.165) is 36.0 Å². The lowest BCUT2D eigenvalue weighted by Crippen LogP contribution is -2.26. The van der Waals surface area contributed by atoms with E-state index in [-0.39, 0.29) is 0 Å². The van der Waals surface area contributed by atoms with Crippen LogP contribution in [0.5, 0.6) is 0 Å². The number of rotatable bonds is 9. The lowest BCUT2D eigenvalue weighted by Gasteiger charge is -2.19. The number of hydrogen-bond acceptors (Lipinski definition) is 3. The van der Waals surface area contributed by atoms with E-state index in [1.807, 2.05) is 16.4 Å². The average Bonchev–Trinajstić information content (AvgIpc) is 2.70. The Morgan fingerprint density at radius 2 is 2.17 bits per heavy atom. The normalized spacial score (nSPS) is 12.9. The van der Waals surface area contributed by atoms with E-state index in [9.17, 15) is 0 Å². The zero-order chi connectivity index (χ0) is 13.4. The van der Waals surface area contributed by atoms with Gasteiger partial charge in [0.25, 0.3) is 0 Å². The number of aryl methyl sites for hydroxylation is 1. The molecule has 1 N–H and O–H groups in total. The smallest absolute Gasteiger partial charge is 0.0834 e. The molecule has 18 heavy (non-hydrogen) atoms. The average molecular weight is 290 g/mol. The first-order chi connectivity index (χ1) is 8.74. The summed E-state index contributed by atoms with van der Waals surface area (Å²) in [4.78, 5) is 0. The molecular weight excluding hydrogens is 266 g/mol. The molecule has 0 radical (unpaired) electrons. The molecule has 1 unspecified atom stereocenters. The Bertz CT molecular complexity index is 341. The van der Waals surface area contributed by atoms with Gasteiger partial charge in [-0.15, -0.1) is 0 Å². The van der Waals surface area contributed by atoms with Crippen LogP contribution in [0.2, 0.25) is 5.02 Å². The Morgan fingerprint density at radius 3 is 2.78 bits per heavy atom. The first-order valence-electron chi connectivity index (χ1n) is 6.76. The number of halogens is 1. The van der Waals surface area contributed by atoms with Crippen LogP contribution in [0.3, 0.4) is 0 Å². The van der Waals surface area contributed by atoms with Crippen molar-refractivity contribution in [3.8, 4) is 0 Å². The van der Waals surface area contributed by atoms with Crippen molar-refractivity contribution in [2.24, 2.45) is 0 Å². The van der Waals surface area contributed by atoms with Gasteiger partial charge in [0.1, 0.15) is 0 Å². The van der Waals surface area contributed by atoms with Crippen LogP contribution in [-0.4, -0.2) is 27.8 Å². The third-order valence-electron chi connectivity index (χ3n) is 2.68. The molecule has 0 aliphatic carbocycles. The highest BCUT2D eigenvalue weighted by molar-refractivity contribution is 7.99. The van der Waals surface area contributed by atoms with Gasteiger partial charge in [-0.3, -0.25) is 4.68 Å². The highest BCUT2D eigenvalue weighted by Gasteiger charge is 2.19. The van der Waals surface area contributed by atoms with Gasteiger partial charge in [-0.2, -0.15) is 16.9 Å². The van der Waals surface area contributed by atoms with Crippen molar-refractivity contribution in [3.63, 3.8) is 0 Å². The highest BCUT2D eigenvalue weighted by atomic mass is 35.5. The van der Waals surface area contributed by atoms with Crippen LogP contribution in [0, 0.1) is 0 Å². The molecule has 1 atom stereocenters. The summed E-state index contributed by atoms with van der Waals surface area (Å²) < 4.78 is 2.04. The van der Waals surface area contributed by atoms with E-state index < -0.39 is 0 Å². The van der Waals surface area contributed by atoms with Gasteiger partial charge >= 0.3 is 0 Å². The van der Waals surface area contributed by atoms with Crippen molar-refractivity contribution in [3.05, 3.63) is 16.9 Å². The molecule has 3 nitrogen and oxygen atoms in total. The topological polar surface area (TPSA) is 29.9 Å². The van der Waals surface area contributed by atoms with Crippen LogP contribution in [0.15, 0.2) is 6.20 Å². The minimum atomic E-state index is 0.299. The minimum Gasteiger partial charge on any atom is -0.308 e. The quantitative estimate of drug-likeness (QED) is 0.702. The Hall–Kier alpha value is -0.190. The predicted octanol–water partition coefficient (Wildman–Crippen LogP) is 3.74. The lowest BCUT2D eigenvalue weighted by atomic mass is 10.2. The van der Waals surface area contributed by atoms with Gasteiger partial charge in [0.05, 0.1) is 23.0 Å². The number of nitrogens with zero attached hydrogens (tertiary/aromatic N) is 2. The molecule has 1 aromatic rings. The van der Waals surface area contributed by atoms with Gasteiger partial charge in [0, 0.05) is 12.3 Å². The molecule has 0 aromatic carbocycles. The summed E-state index contributed by atoms with van der Waals surface area (Å²) in [7, 11) is 0. The Morgan fingerprint density at radius 1 is 1.39 bits per heavy atom. The second-order valence-corrected chi connectivity index (χ2v) is 5.84. The maximum absolute atomic E-state index is 6.29. The van der Waals surface area contributed by atoms with E-state index in [2.05, 4.69) is 31.2 Å². The molecule has 0 spiro atoms. The number of nitrogens with one attached hydrogen (secondary N) is 1. The summed E-state index contributed by atoms with van der Waals surface area (Å²) >= 11 is 8.26. The second-order valence-electron chi connectivity index (χ2n) is 4.29. The summed E-state index contributed by atoms with van der Waals surface area (Å²) in [5.74, 6) is 2.25. The Balaban J connectivity index is 2.79. The number of thioether (sulfide) groups is 1. The molecule has 0 saturated heterocycles. The standard InChI is InChI=1S/C13H24ClN3S/c1-4-7-17-13(11(14)9-16-17)12(15-6-3)10-18-8-5-2/h9,12,15H,4-8,10H2,1-3H3. The molecule has 0 aliphatic rings. The molecule has 0 saturated carbocycles. The van der Waals surface area contributed by atoms with Gasteiger partial charge in [0.2, 0.25) is 0 Å².